The van der Waals surface area contributed by atoms with Gasteiger partial charge in [-0.05, 0) is 36.4 Å². The Morgan fingerprint density at radius 2 is 1.48 bits per heavy atom. The Morgan fingerprint density at radius 1 is 0.759 bits per heavy atom. The molecule has 0 atom stereocenters. The molecule has 11 heteroatoms. The van der Waals surface area contributed by atoms with Gasteiger partial charge in [0.2, 0.25) is 10.2 Å². The number of fused-ring (bicyclic) bond motifs is 1. The number of hydrogen-bond donors (Lipinski definition) is 2. The fourth-order valence-electron chi connectivity index (χ4n) is 2.59. The van der Waals surface area contributed by atoms with Gasteiger partial charge in [0.25, 0.3) is 20.0 Å². The van der Waals surface area contributed by atoms with E-state index in [0.717, 1.165) is 0 Å². The van der Waals surface area contributed by atoms with Gasteiger partial charge in [0.05, 0.1) is 17.6 Å². The van der Waals surface area contributed by atoms with Gasteiger partial charge in [-0.1, -0.05) is 29.8 Å². The van der Waals surface area contributed by atoms with Crippen molar-refractivity contribution in [1.82, 2.24) is 0 Å². The van der Waals surface area contributed by atoms with Crippen molar-refractivity contribution in [2.45, 2.75) is 10.2 Å². The Hall–Kier alpha value is -2.95. The number of hydrogen-bond acceptors (Lipinski definition) is 6. The van der Waals surface area contributed by atoms with Crippen LogP contribution in [0.1, 0.15) is 0 Å². The number of nitrogens with one attached hydrogen (secondary N) is 2. The molecule has 29 heavy (non-hydrogen) atoms. The van der Waals surface area contributed by atoms with E-state index in [4.69, 9.17) is 20.4 Å². The second-order valence-electron chi connectivity index (χ2n) is 5.94. The lowest BCUT2D eigenvalue weighted by atomic mass is 10.3. The smallest absolute Gasteiger partial charge is 0.295 e. The predicted octanol–water partition coefficient (Wildman–Crippen LogP) is 4.28. The van der Waals surface area contributed by atoms with Gasteiger partial charge >= 0.3 is 0 Å². The standard InChI is InChI=1S/C18H13ClN2O6S2/c19-13-7-8-14(20-28(22,23)17-6-3-9-26-17)15(11-13)21-29(24,25)18-10-12-4-1-2-5-16(12)27-18/h1-11,20-21H. The molecule has 2 heterocycles. The molecule has 2 aromatic carbocycles. The van der Waals surface area contributed by atoms with Crippen LogP contribution in [0.5, 0.6) is 0 Å². The van der Waals surface area contributed by atoms with Gasteiger partial charge in [0.1, 0.15) is 5.58 Å². The number of benzene rings is 2. The predicted molar refractivity (Wildman–Crippen MR) is 108 cm³/mol. The van der Waals surface area contributed by atoms with E-state index in [9.17, 15) is 16.8 Å². The lowest BCUT2D eigenvalue weighted by Gasteiger charge is -2.13. The fourth-order valence-corrected chi connectivity index (χ4v) is 4.81. The van der Waals surface area contributed by atoms with E-state index in [-0.39, 0.29) is 26.6 Å². The zero-order chi connectivity index (χ0) is 20.6. The quantitative estimate of drug-likeness (QED) is 0.450. The van der Waals surface area contributed by atoms with Crippen LogP contribution in [-0.4, -0.2) is 16.8 Å². The lowest BCUT2D eigenvalue weighted by Crippen LogP contribution is -2.17. The molecule has 0 aliphatic rings. The van der Waals surface area contributed by atoms with Crippen LogP contribution < -0.4 is 9.44 Å². The minimum absolute atomic E-state index is 0.0366. The number of para-hydroxylation sites is 1. The number of furan rings is 2. The number of halogens is 1. The highest BCUT2D eigenvalue weighted by Crippen LogP contribution is 2.31. The second kappa shape index (κ2) is 7.14. The molecular weight excluding hydrogens is 440 g/mol. The molecule has 0 aliphatic heterocycles. The third-order valence-electron chi connectivity index (χ3n) is 3.90. The Labute approximate surface area is 171 Å². The summed E-state index contributed by atoms with van der Waals surface area (Å²) < 4.78 is 65.3. The minimum Gasteiger partial charge on any atom is -0.451 e. The highest BCUT2D eigenvalue weighted by atomic mass is 35.5. The molecule has 8 nitrogen and oxygen atoms in total. The van der Waals surface area contributed by atoms with Crippen LogP contribution in [0.3, 0.4) is 0 Å². The Bertz CT molecular complexity index is 1360. The average molecular weight is 453 g/mol. The summed E-state index contributed by atoms with van der Waals surface area (Å²) in [4.78, 5) is 0. The SMILES string of the molecule is O=S(=O)(Nc1ccc(Cl)cc1NS(=O)(=O)c1cc2ccccc2o1)c1ccco1. The summed E-state index contributed by atoms with van der Waals surface area (Å²) in [5.74, 6) is 0. The summed E-state index contributed by atoms with van der Waals surface area (Å²) in [6, 6.07) is 14.9. The van der Waals surface area contributed by atoms with E-state index in [0.29, 0.717) is 11.0 Å². The third-order valence-corrected chi connectivity index (χ3v) is 6.60. The summed E-state index contributed by atoms with van der Waals surface area (Å²) in [5, 5.41) is 0.169. The summed E-state index contributed by atoms with van der Waals surface area (Å²) in [7, 11) is -8.22. The van der Waals surface area contributed by atoms with Gasteiger partial charge in [-0.3, -0.25) is 9.44 Å². The highest BCUT2D eigenvalue weighted by molar-refractivity contribution is 7.93. The second-order valence-corrected chi connectivity index (χ2v) is 9.60. The molecule has 4 rings (SSSR count). The van der Waals surface area contributed by atoms with Crippen LogP contribution in [-0.2, 0) is 20.0 Å². The van der Waals surface area contributed by atoms with Gasteiger partial charge in [0.15, 0.2) is 0 Å². The molecule has 150 valence electrons. The fraction of sp³-hybridized carbons (Fsp3) is 0. The van der Waals surface area contributed by atoms with Crippen LogP contribution in [0.2, 0.25) is 5.02 Å². The maximum absolute atomic E-state index is 12.8. The first-order chi connectivity index (χ1) is 13.7. The maximum Gasteiger partial charge on any atom is 0.295 e. The molecule has 0 fully saturated rings. The monoisotopic (exact) mass is 452 g/mol. The van der Waals surface area contributed by atoms with Crippen LogP contribution >= 0.6 is 11.6 Å². The van der Waals surface area contributed by atoms with Gasteiger partial charge in [0, 0.05) is 16.5 Å². The molecule has 2 aromatic heterocycles. The van der Waals surface area contributed by atoms with E-state index in [2.05, 4.69) is 9.44 Å². The topological polar surface area (TPSA) is 119 Å². The molecular formula is C18H13ClN2O6S2. The summed E-state index contributed by atoms with van der Waals surface area (Å²) in [6.45, 7) is 0. The summed E-state index contributed by atoms with van der Waals surface area (Å²) in [6.07, 6.45) is 1.21. The van der Waals surface area contributed by atoms with Crippen LogP contribution in [0.4, 0.5) is 11.4 Å². The van der Waals surface area contributed by atoms with E-state index in [1.165, 1.54) is 42.7 Å². The number of rotatable bonds is 6. The average Bonchev–Trinajstić information content (AvgIpc) is 3.33. The zero-order valence-corrected chi connectivity index (χ0v) is 16.9. The van der Waals surface area contributed by atoms with Crippen LogP contribution in [0, 0.1) is 0 Å². The van der Waals surface area contributed by atoms with E-state index in [1.54, 1.807) is 24.3 Å². The van der Waals surface area contributed by atoms with Crippen molar-refractivity contribution in [3.63, 3.8) is 0 Å². The Balaban J connectivity index is 1.70. The van der Waals surface area contributed by atoms with Gasteiger partial charge in [-0.15, -0.1) is 0 Å². The Kier molecular flexibility index (Phi) is 4.77. The van der Waals surface area contributed by atoms with Crippen molar-refractivity contribution in [3.8, 4) is 0 Å². The lowest BCUT2D eigenvalue weighted by molar-refractivity contribution is 0.452. The number of anilines is 2. The normalized spacial score (nSPS) is 12.2. The first kappa shape index (κ1) is 19.4. The molecule has 0 radical (unpaired) electrons. The highest BCUT2D eigenvalue weighted by Gasteiger charge is 2.24. The maximum atomic E-state index is 12.8. The molecule has 0 amide bonds. The molecule has 0 saturated carbocycles. The van der Waals surface area contributed by atoms with Crippen molar-refractivity contribution < 1.29 is 25.7 Å². The molecule has 2 N–H and O–H groups in total. The van der Waals surface area contributed by atoms with Crippen LogP contribution in [0.15, 0.2) is 85.9 Å². The third kappa shape index (κ3) is 3.95. The van der Waals surface area contributed by atoms with Crippen molar-refractivity contribution in [3.05, 3.63) is 71.9 Å². The van der Waals surface area contributed by atoms with Gasteiger partial charge < -0.3 is 8.83 Å². The molecule has 0 spiro atoms. The molecule has 0 unspecified atom stereocenters. The number of sulfonamides is 2. The first-order valence-corrected chi connectivity index (χ1v) is 11.5. The van der Waals surface area contributed by atoms with E-state index < -0.39 is 20.0 Å². The first-order valence-electron chi connectivity index (χ1n) is 8.12. The zero-order valence-electron chi connectivity index (χ0n) is 14.5. The van der Waals surface area contributed by atoms with E-state index >= 15 is 0 Å². The molecule has 0 aliphatic carbocycles. The largest absolute Gasteiger partial charge is 0.451 e. The minimum atomic E-state index is -4.16. The van der Waals surface area contributed by atoms with Crippen molar-refractivity contribution in [2.75, 3.05) is 9.44 Å². The van der Waals surface area contributed by atoms with Gasteiger partial charge in [-0.2, -0.15) is 16.8 Å². The summed E-state index contributed by atoms with van der Waals surface area (Å²) in [5.41, 5.74) is 0.288. The van der Waals surface area contributed by atoms with Crippen molar-refractivity contribution >= 4 is 54.0 Å². The Morgan fingerprint density at radius 3 is 2.21 bits per heavy atom. The van der Waals surface area contributed by atoms with Gasteiger partial charge in [-0.25, -0.2) is 0 Å². The van der Waals surface area contributed by atoms with E-state index in [1.807, 2.05) is 0 Å². The van der Waals surface area contributed by atoms with Crippen molar-refractivity contribution in [2.24, 2.45) is 0 Å². The molecule has 0 bridgehead atoms. The summed E-state index contributed by atoms with van der Waals surface area (Å²) >= 11 is 5.97. The van der Waals surface area contributed by atoms with Crippen LogP contribution in [0.25, 0.3) is 11.0 Å². The molecule has 4 aromatic rings. The van der Waals surface area contributed by atoms with Crippen molar-refractivity contribution in [1.29, 1.82) is 0 Å². The molecule has 0 saturated heterocycles.